The number of carbonyl (C=O) groups is 1. The van der Waals surface area contributed by atoms with Crippen molar-refractivity contribution in [1.29, 1.82) is 0 Å². The molecule has 0 atom stereocenters. The summed E-state index contributed by atoms with van der Waals surface area (Å²) in [6.07, 6.45) is 7.65. The number of nitrogens with one attached hydrogen (secondary N) is 1. The molecule has 3 aromatic heterocycles. The van der Waals surface area contributed by atoms with Crippen molar-refractivity contribution < 1.29 is 4.79 Å². The van der Waals surface area contributed by atoms with Crippen molar-refractivity contribution in [2.24, 2.45) is 0 Å². The van der Waals surface area contributed by atoms with E-state index < -0.39 is 0 Å². The van der Waals surface area contributed by atoms with Gasteiger partial charge in [-0.1, -0.05) is 11.6 Å². The number of benzene rings is 1. The quantitative estimate of drug-likeness (QED) is 0.610. The highest BCUT2D eigenvalue weighted by Crippen LogP contribution is 2.13. The number of nitrogens with zero attached hydrogens (tertiary/aromatic N) is 3. The van der Waals surface area contributed by atoms with Crippen molar-refractivity contribution in [3.05, 3.63) is 89.6 Å². The molecule has 0 radical (unpaired) electrons. The smallest absolute Gasteiger partial charge is 0.251 e. The zero-order valence-electron chi connectivity index (χ0n) is 13.3. The van der Waals surface area contributed by atoms with Crippen LogP contribution in [0.2, 0.25) is 5.02 Å². The van der Waals surface area contributed by atoms with Crippen molar-refractivity contribution in [3.8, 4) is 5.69 Å². The average Bonchev–Trinajstić information content (AvgIpc) is 3.29. The number of hydrogen-bond donors (Lipinski definition) is 1. The topological polar surface area (TPSA) is 51.3 Å². The van der Waals surface area contributed by atoms with E-state index in [0.29, 0.717) is 17.1 Å². The van der Waals surface area contributed by atoms with Crippen LogP contribution in [0.15, 0.2) is 73.3 Å². The summed E-state index contributed by atoms with van der Waals surface area (Å²) in [4.78, 5) is 16.8. The van der Waals surface area contributed by atoms with Gasteiger partial charge in [0.2, 0.25) is 0 Å². The standard InChI is InChI=1S/C19H15ClN4O/c20-15-7-10-24-13-16(22-18(24)11-15)12-21-19(25)14-3-5-17(6-4-14)23-8-1-2-9-23/h1-11,13H,12H2,(H,21,25). The minimum atomic E-state index is -0.130. The van der Waals surface area contributed by atoms with Crippen LogP contribution in [0.25, 0.3) is 11.3 Å². The largest absolute Gasteiger partial charge is 0.346 e. The molecule has 0 unspecified atom stereocenters. The van der Waals surface area contributed by atoms with Gasteiger partial charge in [-0.05, 0) is 48.5 Å². The maximum absolute atomic E-state index is 12.3. The molecule has 25 heavy (non-hydrogen) atoms. The minimum absolute atomic E-state index is 0.130. The second kappa shape index (κ2) is 6.45. The lowest BCUT2D eigenvalue weighted by molar-refractivity contribution is 0.0950. The van der Waals surface area contributed by atoms with Gasteiger partial charge in [-0.2, -0.15) is 0 Å². The predicted octanol–water partition coefficient (Wildman–Crippen LogP) is 3.71. The predicted molar refractivity (Wildman–Crippen MR) is 97.1 cm³/mol. The number of halogens is 1. The number of amides is 1. The fourth-order valence-electron chi connectivity index (χ4n) is 2.66. The van der Waals surface area contributed by atoms with Crippen LogP contribution in [-0.4, -0.2) is 19.9 Å². The molecule has 0 fully saturated rings. The Morgan fingerprint density at radius 3 is 2.60 bits per heavy atom. The highest BCUT2D eigenvalue weighted by Gasteiger charge is 2.08. The van der Waals surface area contributed by atoms with E-state index in [9.17, 15) is 4.79 Å². The number of rotatable bonds is 4. The molecule has 1 N–H and O–H groups in total. The Labute approximate surface area is 149 Å². The van der Waals surface area contributed by atoms with Crippen molar-refractivity contribution in [2.45, 2.75) is 6.54 Å². The number of imidazole rings is 1. The van der Waals surface area contributed by atoms with E-state index >= 15 is 0 Å². The minimum Gasteiger partial charge on any atom is -0.346 e. The third kappa shape index (κ3) is 3.27. The summed E-state index contributed by atoms with van der Waals surface area (Å²) in [7, 11) is 0. The van der Waals surface area contributed by atoms with Gasteiger partial charge in [0.15, 0.2) is 0 Å². The summed E-state index contributed by atoms with van der Waals surface area (Å²) < 4.78 is 3.86. The van der Waals surface area contributed by atoms with Crippen LogP contribution in [0, 0.1) is 0 Å². The Bertz CT molecular complexity index is 1020. The van der Waals surface area contributed by atoms with Crippen molar-refractivity contribution >= 4 is 23.2 Å². The second-order valence-corrected chi connectivity index (χ2v) is 6.10. The van der Waals surface area contributed by atoms with Crippen LogP contribution < -0.4 is 5.32 Å². The zero-order valence-corrected chi connectivity index (χ0v) is 14.0. The molecule has 1 amide bonds. The van der Waals surface area contributed by atoms with Gasteiger partial charge in [0.25, 0.3) is 5.91 Å². The fourth-order valence-corrected chi connectivity index (χ4v) is 2.81. The molecule has 4 aromatic rings. The fraction of sp³-hybridized carbons (Fsp3) is 0.0526. The summed E-state index contributed by atoms with van der Waals surface area (Å²) >= 11 is 5.96. The van der Waals surface area contributed by atoms with Gasteiger partial charge in [0, 0.05) is 41.1 Å². The second-order valence-electron chi connectivity index (χ2n) is 5.66. The first-order chi connectivity index (χ1) is 12.2. The van der Waals surface area contributed by atoms with Crippen LogP contribution in [-0.2, 0) is 6.54 Å². The first-order valence-corrected chi connectivity index (χ1v) is 8.21. The highest BCUT2D eigenvalue weighted by molar-refractivity contribution is 6.30. The number of fused-ring (bicyclic) bond motifs is 1. The molecular formula is C19H15ClN4O. The maximum Gasteiger partial charge on any atom is 0.251 e. The average molecular weight is 351 g/mol. The van der Waals surface area contributed by atoms with E-state index in [1.54, 1.807) is 12.1 Å². The molecule has 0 aliphatic heterocycles. The molecule has 0 saturated carbocycles. The van der Waals surface area contributed by atoms with Gasteiger partial charge >= 0.3 is 0 Å². The van der Waals surface area contributed by atoms with Gasteiger partial charge in [-0.15, -0.1) is 0 Å². The third-order valence-electron chi connectivity index (χ3n) is 3.93. The molecule has 124 valence electrons. The van der Waals surface area contributed by atoms with E-state index in [1.807, 2.05) is 70.2 Å². The molecule has 1 aromatic carbocycles. The Kier molecular flexibility index (Phi) is 3.99. The molecule has 6 heteroatoms. The zero-order chi connectivity index (χ0) is 17.2. The summed E-state index contributed by atoms with van der Waals surface area (Å²) in [5.74, 6) is -0.130. The van der Waals surface area contributed by atoms with E-state index in [0.717, 1.165) is 17.0 Å². The molecule has 0 spiro atoms. The molecule has 4 rings (SSSR count). The van der Waals surface area contributed by atoms with Gasteiger partial charge in [-0.25, -0.2) is 4.98 Å². The van der Waals surface area contributed by atoms with Crippen molar-refractivity contribution in [2.75, 3.05) is 0 Å². The van der Waals surface area contributed by atoms with E-state index in [-0.39, 0.29) is 5.91 Å². The van der Waals surface area contributed by atoms with Crippen molar-refractivity contribution in [3.63, 3.8) is 0 Å². The van der Waals surface area contributed by atoms with Crippen molar-refractivity contribution in [1.82, 2.24) is 19.3 Å². The molecule has 0 aliphatic carbocycles. The molecule has 5 nitrogen and oxygen atoms in total. The monoisotopic (exact) mass is 350 g/mol. The van der Waals surface area contributed by atoms with Crippen LogP contribution in [0.3, 0.4) is 0 Å². The summed E-state index contributed by atoms with van der Waals surface area (Å²) in [6, 6.07) is 15.0. The number of aromatic nitrogens is 3. The lowest BCUT2D eigenvalue weighted by atomic mass is 10.2. The first-order valence-electron chi connectivity index (χ1n) is 7.84. The Balaban J connectivity index is 1.44. The van der Waals surface area contributed by atoms with Crippen LogP contribution in [0.5, 0.6) is 0 Å². The van der Waals surface area contributed by atoms with Crippen LogP contribution >= 0.6 is 11.6 Å². The van der Waals surface area contributed by atoms with E-state index in [2.05, 4.69) is 10.3 Å². The molecule has 3 heterocycles. The molecular weight excluding hydrogens is 336 g/mol. The summed E-state index contributed by atoms with van der Waals surface area (Å²) in [6.45, 7) is 0.359. The third-order valence-corrected chi connectivity index (χ3v) is 4.17. The number of hydrogen-bond acceptors (Lipinski definition) is 2. The SMILES string of the molecule is O=C(NCc1cn2ccc(Cl)cc2n1)c1ccc(-n2cccc2)cc1. The highest BCUT2D eigenvalue weighted by atomic mass is 35.5. The van der Waals surface area contributed by atoms with Crippen LogP contribution in [0.1, 0.15) is 16.1 Å². The van der Waals surface area contributed by atoms with E-state index in [4.69, 9.17) is 11.6 Å². The maximum atomic E-state index is 12.3. The van der Waals surface area contributed by atoms with Gasteiger partial charge in [-0.3, -0.25) is 4.79 Å². The van der Waals surface area contributed by atoms with Gasteiger partial charge in [0.05, 0.1) is 12.2 Å². The number of carbonyl (C=O) groups excluding carboxylic acids is 1. The lowest BCUT2D eigenvalue weighted by Crippen LogP contribution is -2.22. The number of pyridine rings is 1. The first kappa shape index (κ1) is 15.5. The Morgan fingerprint density at radius 2 is 1.84 bits per heavy atom. The van der Waals surface area contributed by atoms with Crippen LogP contribution in [0.4, 0.5) is 0 Å². The molecule has 0 saturated heterocycles. The molecule has 0 bridgehead atoms. The van der Waals surface area contributed by atoms with E-state index in [1.165, 1.54) is 0 Å². The normalized spacial score (nSPS) is 10.9. The Morgan fingerprint density at radius 1 is 1.08 bits per heavy atom. The van der Waals surface area contributed by atoms with Gasteiger partial charge in [0.1, 0.15) is 5.65 Å². The molecule has 0 aliphatic rings. The Hall–Kier alpha value is -3.05. The summed E-state index contributed by atoms with van der Waals surface area (Å²) in [5, 5.41) is 3.53. The van der Waals surface area contributed by atoms with Gasteiger partial charge < -0.3 is 14.3 Å². The lowest BCUT2D eigenvalue weighted by Gasteiger charge is -2.06. The summed E-state index contributed by atoms with van der Waals surface area (Å²) in [5.41, 5.74) is 3.16.